The summed E-state index contributed by atoms with van der Waals surface area (Å²) in [5, 5.41) is 16.1. The highest BCUT2D eigenvalue weighted by atomic mass is 19.1. The molecule has 0 aromatic heterocycles. The monoisotopic (exact) mass is 389 g/mol. The average molecular weight is 389 g/mol. The molecule has 0 spiro atoms. The summed E-state index contributed by atoms with van der Waals surface area (Å²) in [6, 6.07) is 11.6. The van der Waals surface area contributed by atoms with E-state index >= 15 is 0 Å². The minimum atomic E-state index is -0.382. The molecule has 3 N–H and O–H groups in total. The molecule has 0 fully saturated rings. The van der Waals surface area contributed by atoms with E-state index < -0.39 is 0 Å². The number of halogens is 1. The third-order valence-electron chi connectivity index (χ3n) is 3.97. The van der Waals surface area contributed by atoms with Crippen LogP contribution in [0, 0.1) is 5.82 Å². The van der Waals surface area contributed by atoms with Crippen molar-refractivity contribution in [2.75, 3.05) is 26.7 Å². The van der Waals surface area contributed by atoms with Crippen molar-refractivity contribution < 1.29 is 19.0 Å². The Labute approximate surface area is 165 Å². The van der Waals surface area contributed by atoms with E-state index in [9.17, 15) is 9.50 Å². The summed E-state index contributed by atoms with van der Waals surface area (Å²) in [6.45, 7) is 5.60. The molecule has 0 aliphatic heterocycles. The van der Waals surface area contributed by atoms with E-state index in [4.69, 9.17) is 9.47 Å². The molecule has 1 unspecified atom stereocenters. The third-order valence-corrected chi connectivity index (χ3v) is 3.97. The van der Waals surface area contributed by atoms with Crippen LogP contribution in [-0.4, -0.2) is 43.9 Å². The zero-order valence-corrected chi connectivity index (χ0v) is 16.5. The van der Waals surface area contributed by atoms with Crippen molar-refractivity contribution >= 4 is 5.96 Å². The summed E-state index contributed by atoms with van der Waals surface area (Å²) < 4.78 is 24.4. The number of methoxy groups -OCH3 is 1. The number of rotatable bonds is 9. The molecule has 7 heteroatoms. The number of hydrogen-bond acceptors (Lipinski definition) is 4. The Morgan fingerprint density at radius 3 is 2.68 bits per heavy atom. The summed E-state index contributed by atoms with van der Waals surface area (Å²) in [7, 11) is 1.53. The first kappa shape index (κ1) is 21.3. The van der Waals surface area contributed by atoms with Gasteiger partial charge in [-0.2, -0.15) is 0 Å². The second kappa shape index (κ2) is 11.0. The standard InChI is InChI=1S/C21H28FN3O3/c1-4-23-21(24-12-11-16-9-10-18(26)20(13-16)27-3)25-14-15(2)28-19-8-6-5-7-17(19)22/h5-10,13,15,26H,4,11-12,14H2,1-3H3,(H2,23,24,25). The number of ether oxygens (including phenoxy) is 2. The van der Waals surface area contributed by atoms with Gasteiger partial charge in [0.15, 0.2) is 29.0 Å². The van der Waals surface area contributed by atoms with Crippen molar-refractivity contribution in [3.8, 4) is 17.2 Å². The van der Waals surface area contributed by atoms with Gasteiger partial charge < -0.3 is 25.2 Å². The van der Waals surface area contributed by atoms with E-state index in [1.54, 1.807) is 24.3 Å². The van der Waals surface area contributed by atoms with Crippen LogP contribution in [0.25, 0.3) is 0 Å². The molecule has 0 saturated heterocycles. The van der Waals surface area contributed by atoms with Gasteiger partial charge in [0.1, 0.15) is 6.10 Å². The topological polar surface area (TPSA) is 75.1 Å². The lowest BCUT2D eigenvalue weighted by atomic mass is 10.1. The van der Waals surface area contributed by atoms with Crippen LogP contribution in [-0.2, 0) is 6.42 Å². The van der Waals surface area contributed by atoms with E-state index in [2.05, 4.69) is 15.6 Å². The van der Waals surface area contributed by atoms with Crippen molar-refractivity contribution in [3.05, 3.63) is 53.8 Å². The van der Waals surface area contributed by atoms with Crippen LogP contribution in [0.3, 0.4) is 0 Å². The van der Waals surface area contributed by atoms with Gasteiger partial charge in [-0.25, -0.2) is 9.38 Å². The van der Waals surface area contributed by atoms with Gasteiger partial charge in [-0.1, -0.05) is 18.2 Å². The summed E-state index contributed by atoms with van der Waals surface area (Å²) in [5.41, 5.74) is 1.04. The van der Waals surface area contributed by atoms with E-state index in [-0.39, 0.29) is 23.4 Å². The number of phenols is 1. The van der Waals surface area contributed by atoms with Crippen LogP contribution in [0.15, 0.2) is 47.5 Å². The van der Waals surface area contributed by atoms with Gasteiger partial charge in [0.05, 0.1) is 13.7 Å². The maximum atomic E-state index is 13.7. The zero-order chi connectivity index (χ0) is 20.4. The lowest BCUT2D eigenvalue weighted by molar-refractivity contribution is 0.220. The highest BCUT2D eigenvalue weighted by Gasteiger charge is 2.08. The Hall–Kier alpha value is -2.96. The van der Waals surface area contributed by atoms with Gasteiger partial charge in [0, 0.05) is 13.1 Å². The van der Waals surface area contributed by atoms with Gasteiger partial charge in [-0.3, -0.25) is 0 Å². The molecule has 2 aromatic carbocycles. The van der Waals surface area contributed by atoms with E-state index in [0.717, 1.165) is 18.5 Å². The lowest BCUT2D eigenvalue weighted by Gasteiger charge is -2.15. The van der Waals surface area contributed by atoms with Gasteiger partial charge in [-0.05, 0) is 50.1 Å². The van der Waals surface area contributed by atoms with Gasteiger partial charge in [0.25, 0.3) is 0 Å². The molecule has 6 nitrogen and oxygen atoms in total. The zero-order valence-electron chi connectivity index (χ0n) is 16.5. The first-order chi connectivity index (χ1) is 13.5. The molecule has 0 aliphatic carbocycles. The fourth-order valence-electron chi connectivity index (χ4n) is 2.56. The van der Waals surface area contributed by atoms with Gasteiger partial charge in [-0.15, -0.1) is 0 Å². The van der Waals surface area contributed by atoms with Crippen LogP contribution in [0.1, 0.15) is 19.4 Å². The maximum Gasteiger partial charge on any atom is 0.191 e. The smallest absolute Gasteiger partial charge is 0.191 e. The quantitative estimate of drug-likeness (QED) is 0.454. The largest absolute Gasteiger partial charge is 0.504 e. The van der Waals surface area contributed by atoms with Crippen LogP contribution < -0.4 is 20.1 Å². The summed E-state index contributed by atoms with van der Waals surface area (Å²) in [4.78, 5) is 4.50. The molecule has 0 aliphatic rings. The lowest BCUT2D eigenvalue weighted by Crippen LogP contribution is -2.39. The highest BCUT2D eigenvalue weighted by molar-refractivity contribution is 5.79. The number of nitrogens with zero attached hydrogens (tertiary/aromatic N) is 1. The molecule has 28 heavy (non-hydrogen) atoms. The normalized spacial score (nSPS) is 12.4. The van der Waals surface area contributed by atoms with Crippen molar-refractivity contribution in [2.24, 2.45) is 4.99 Å². The molecule has 0 radical (unpaired) electrons. The molecule has 0 saturated carbocycles. The second-order valence-electron chi connectivity index (χ2n) is 6.26. The number of hydrogen-bond donors (Lipinski definition) is 3. The Balaban J connectivity index is 1.87. The summed E-state index contributed by atoms with van der Waals surface area (Å²) in [6.07, 6.45) is 0.469. The number of phenolic OH excluding ortho intramolecular Hbond substituents is 1. The molecule has 0 bridgehead atoms. The van der Waals surface area contributed by atoms with Crippen LogP contribution in [0.2, 0.25) is 0 Å². The SMILES string of the molecule is CCNC(=NCC(C)Oc1ccccc1F)NCCc1ccc(O)c(OC)c1. The molecular weight excluding hydrogens is 361 g/mol. The molecule has 152 valence electrons. The van der Waals surface area contributed by atoms with Crippen molar-refractivity contribution in [1.82, 2.24) is 10.6 Å². The fraction of sp³-hybridized carbons (Fsp3) is 0.381. The minimum Gasteiger partial charge on any atom is -0.504 e. The predicted octanol–water partition coefficient (Wildman–Crippen LogP) is 3.11. The molecule has 2 rings (SSSR count). The molecule has 0 amide bonds. The predicted molar refractivity (Wildman–Crippen MR) is 109 cm³/mol. The molecule has 1 atom stereocenters. The van der Waals surface area contributed by atoms with E-state index in [0.29, 0.717) is 24.8 Å². The summed E-state index contributed by atoms with van der Waals surface area (Å²) >= 11 is 0. The number of aliphatic imine (C=N–C) groups is 1. The molecule has 2 aromatic rings. The Morgan fingerprint density at radius 2 is 1.96 bits per heavy atom. The van der Waals surface area contributed by atoms with Crippen molar-refractivity contribution in [3.63, 3.8) is 0 Å². The molecular formula is C21H28FN3O3. The van der Waals surface area contributed by atoms with E-state index in [1.165, 1.54) is 13.2 Å². The number of benzene rings is 2. The first-order valence-corrected chi connectivity index (χ1v) is 9.32. The minimum absolute atomic E-state index is 0.123. The fourth-order valence-corrected chi connectivity index (χ4v) is 2.56. The van der Waals surface area contributed by atoms with Crippen molar-refractivity contribution in [1.29, 1.82) is 0 Å². The third kappa shape index (κ3) is 6.64. The van der Waals surface area contributed by atoms with E-state index in [1.807, 2.05) is 26.0 Å². The van der Waals surface area contributed by atoms with Crippen LogP contribution >= 0.6 is 0 Å². The summed E-state index contributed by atoms with van der Waals surface area (Å²) in [5.74, 6) is 1.09. The Kier molecular flexibility index (Phi) is 8.39. The first-order valence-electron chi connectivity index (χ1n) is 9.32. The Bertz CT molecular complexity index is 783. The second-order valence-corrected chi connectivity index (χ2v) is 6.26. The van der Waals surface area contributed by atoms with Crippen LogP contribution in [0.5, 0.6) is 17.2 Å². The van der Waals surface area contributed by atoms with Gasteiger partial charge in [0.2, 0.25) is 0 Å². The number of aromatic hydroxyl groups is 1. The van der Waals surface area contributed by atoms with Gasteiger partial charge >= 0.3 is 0 Å². The van der Waals surface area contributed by atoms with Crippen LogP contribution in [0.4, 0.5) is 4.39 Å². The number of para-hydroxylation sites is 1. The number of nitrogens with one attached hydrogen (secondary N) is 2. The average Bonchev–Trinajstić information content (AvgIpc) is 2.69. The van der Waals surface area contributed by atoms with Crippen molar-refractivity contribution in [2.45, 2.75) is 26.4 Å². The highest BCUT2D eigenvalue weighted by Crippen LogP contribution is 2.26. The number of guanidine groups is 1. The Morgan fingerprint density at radius 1 is 1.18 bits per heavy atom. The molecule has 0 heterocycles. The maximum absolute atomic E-state index is 13.7.